The van der Waals surface area contributed by atoms with Gasteiger partial charge in [0, 0.05) is 11.0 Å². The Bertz CT molecular complexity index is 1100. The number of esters is 1. The Labute approximate surface area is 218 Å². The van der Waals surface area contributed by atoms with E-state index in [1.165, 1.54) is 36.8 Å². The van der Waals surface area contributed by atoms with E-state index < -0.39 is 0 Å². The number of nitrogens with zero attached hydrogens (tertiary/aromatic N) is 1. The van der Waals surface area contributed by atoms with Crippen LogP contribution in [0.15, 0.2) is 22.9 Å². The highest BCUT2D eigenvalue weighted by atomic mass is 16.5. The monoisotopic (exact) mass is 493 g/mol. The van der Waals surface area contributed by atoms with Gasteiger partial charge in [-0.25, -0.2) is 0 Å². The Morgan fingerprint density at radius 2 is 1.75 bits per heavy atom. The highest BCUT2D eigenvalue weighted by Gasteiger charge is 2.72. The molecule has 4 nitrogen and oxygen atoms in total. The first-order chi connectivity index (χ1) is 16.9. The molecular formula is C32H47NO3. The Hall–Kier alpha value is -1.58. The third-order valence-electron chi connectivity index (χ3n) is 13.6. The van der Waals surface area contributed by atoms with Crippen molar-refractivity contribution in [1.29, 1.82) is 0 Å². The van der Waals surface area contributed by atoms with Crippen LogP contribution in [-0.2, 0) is 21.4 Å². The van der Waals surface area contributed by atoms with Gasteiger partial charge >= 0.3 is 5.97 Å². The number of carbonyl (C=O) groups excluding carboxylic acids is 1. The molecule has 0 saturated heterocycles. The number of hydrogen-bond acceptors (Lipinski definition) is 4. The van der Waals surface area contributed by atoms with E-state index in [9.17, 15) is 4.79 Å². The van der Waals surface area contributed by atoms with E-state index >= 15 is 0 Å². The van der Waals surface area contributed by atoms with Crippen LogP contribution in [0.3, 0.4) is 0 Å². The number of aromatic nitrogens is 1. The summed E-state index contributed by atoms with van der Waals surface area (Å²) < 4.78 is 11.4. The summed E-state index contributed by atoms with van der Waals surface area (Å²) in [7, 11) is 1.60. The van der Waals surface area contributed by atoms with Crippen molar-refractivity contribution in [2.75, 3.05) is 7.11 Å². The quantitative estimate of drug-likeness (QED) is 0.316. The highest BCUT2D eigenvalue weighted by molar-refractivity contribution is 5.78. The molecule has 1 aromatic rings. The minimum atomic E-state index is -0.308. The Kier molecular flexibility index (Phi) is 5.16. The number of rotatable bonds is 2. The van der Waals surface area contributed by atoms with Gasteiger partial charge in [0.2, 0.25) is 0 Å². The second-order valence-corrected chi connectivity index (χ2v) is 14.9. The molecule has 36 heavy (non-hydrogen) atoms. The van der Waals surface area contributed by atoms with Gasteiger partial charge in [0.05, 0.1) is 18.7 Å². The van der Waals surface area contributed by atoms with Gasteiger partial charge in [-0.2, -0.15) is 0 Å². The summed E-state index contributed by atoms with van der Waals surface area (Å²) in [6.07, 6.45) is 12.3. The molecule has 4 saturated carbocycles. The molecule has 5 aliphatic rings. The molecule has 9 atom stereocenters. The maximum Gasteiger partial charge on any atom is 0.312 e. The van der Waals surface area contributed by atoms with E-state index in [1.54, 1.807) is 7.11 Å². The summed E-state index contributed by atoms with van der Waals surface area (Å²) in [5, 5.41) is 4.26. The standard InChI is InChI=1S/C32H47NO3/c1-19(2)21-11-14-32(27(34)35-8)16-15-30(6)22(25(21)32)9-10-24-29(5)17-20-18-33-36-26(20)28(3,4)23(29)12-13-31(24,30)7/h18,21-25H,1,9-17H2,2-8H3/t21-,22+,23-,24+,25+,29-,30+,31+,32-/m0/s1. The molecule has 0 unspecified atom stereocenters. The van der Waals surface area contributed by atoms with Crippen molar-refractivity contribution in [1.82, 2.24) is 5.16 Å². The fourth-order valence-electron chi connectivity index (χ4n) is 12.0. The van der Waals surface area contributed by atoms with Crippen LogP contribution in [0.1, 0.15) is 104 Å². The van der Waals surface area contributed by atoms with Crippen molar-refractivity contribution < 1.29 is 14.1 Å². The lowest BCUT2D eigenvalue weighted by molar-refractivity contribution is -0.229. The second kappa shape index (κ2) is 7.50. The number of carbonyl (C=O) groups is 1. The van der Waals surface area contributed by atoms with Gasteiger partial charge in [0.1, 0.15) is 5.76 Å². The molecule has 0 spiro atoms. The van der Waals surface area contributed by atoms with Crippen LogP contribution < -0.4 is 0 Å². The number of allylic oxidation sites excluding steroid dienone is 1. The predicted octanol–water partition coefficient (Wildman–Crippen LogP) is 7.52. The smallest absolute Gasteiger partial charge is 0.312 e. The SMILES string of the molecule is C=C(C)[C@@H]1CC[C@]2(C(=O)OC)CC[C@]3(C)[C@H](CC[C@@H]4[C@@]5(C)Cc6cnoc6C(C)(C)[C@@H]5CC[C@]43C)[C@@H]12. The zero-order chi connectivity index (χ0) is 25.9. The average Bonchev–Trinajstić information content (AvgIpc) is 3.44. The van der Waals surface area contributed by atoms with Gasteiger partial charge in [-0.15, -0.1) is 0 Å². The van der Waals surface area contributed by atoms with Crippen LogP contribution in [0.2, 0.25) is 0 Å². The summed E-state index contributed by atoms with van der Waals surface area (Å²) in [5.41, 5.74) is 3.04. The minimum absolute atomic E-state index is 0.0149. The maximum absolute atomic E-state index is 13.4. The van der Waals surface area contributed by atoms with E-state index in [0.29, 0.717) is 29.6 Å². The largest absolute Gasteiger partial charge is 0.469 e. The first kappa shape index (κ1) is 24.7. The summed E-state index contributed by atoms with van der Waals surface area (Å²) in [4.78, 5) is 13.4. The predicted molar refractivity (Wildman–Crippen MR) is 141 cm³/mol. The Balaban J connectivity index is 1.43. The Morgan fingerprint density at radius 3 is 2.44 bits per heavy atom. The van der Waals surface area contributed by atoms with Crippen molar-refractivity contribution in [3.05, 3.63) is 29.7 Å². The lowest BCUT2D eigenvalue weighted by Gasteiger charge is -2.72. The van der Waals surface area contributed by atoms with E-state index in [-0.39, 0.29) is 33.0 Å². The molecule has 0 aromatic carbocycles. The summed E-state index contributed by atoms with van der Waals surface area (Å²) in [6.45, 7) is 19.3. The fraction of sp³-hybridized carbons (Fsp3) is 0.812. The molecule has 0 amide bonds. The molecule has 1 aromatic heterocycles. The van der Waals surface area contributed by atoms with Gasteiger partial charge in [-0.05, 0) is 111 Å². The first-order valence-corrected chi connectivity index (χ1v) is 14.5. The van der Waals surface area contributed by atoms with Crippen LogP contribution in [0.5, 0.6) is 0 Å². The van der Waals surface area contributed by atoms with E-state index in [4.69, 9.17) is 9.26 Å². The van der Waals surface area contributed by atoms with Crippen LogP contribution in [0.4, 0.5) is 0 Å². The van der Waals surface area contributed by atoms with Gasteiger partial charge in [0.25, 0.3) is 0 Å². The molecule has 6 rings (SSSR count). The fourth-order valence-corrected chi connectivity index (χ4v) is 12.0. The molecule has 0 N–H and O–H groups in total. The third kappa shape index (κ3) is 2.72. The van der Waals surface area contributed by atoms with Crippen LogP contribution in [0, 0.1) is 51.2 Å². The average molecular weight is 494 g/mol. The topological polar surface area (TPSA) is 52.3 Å². The lowest BCUT2D eigenvalue weighted by atomic mass is 9.32. The van der Waals surface area contributed by atoms with Crippen molar-refractivity contribution in [3.8, 4) is 0 Å². The van der Waals surface area contributed by atoms with Gasteiger partial charge in [-0.1, -0.05) is 51.9 Å². The molecule has 0 radical (unpaired) electrons. The normalized spacial score (nSPS) is 48.6. The molecule has 0 bridgehead atoms. The third-order valence-corrected chi connectivity index (χ3v) is 13.6. The van der Waals surface area contributed by atoms with Gasteiger partial charge in [-0.3, -0.25) is 4.79 Å². The zero-order valence-corrected chi connectivity index (χ0v) is 23.7. The van der Waals surface area contributed by atoms with Crippen molar-refractivity contribution in [2.24, 2.45) is 51.2 Å². The lowest BCUT2D eigenvalue weighted by Crippen LogP contribution is -2.66. The number of fused-ring (bicyclic) bond motifs is 8. The van der Waals surface area contributed by atoms with Crippen LogP contribution >= 0.6 is 0 Å². The summed E-state index contributed by atoms with van der Waals surface area (Å²) >= 11 is 0. The maximum atomic E-state index is 13.4. The minimum Gasteiger partial charge on any atom is -0.469 e. The van der Waals surface area contributed by atoms with E-state index in [1.807, 2.05) is 6.20 Å². The molecule has 5 aliphatic carbocycles. The highest BCUT2D eigenvalue weighted by Crippen LogP contribution is 2.77. The first-order valence-electron chi connectivity index (χ1n) is 14.5. The van der Waals surface area contributed by atoms with Crippen molar-refractivity contribution >= 4 is 5.97 Å². The zero-order valence-electron chi connectivity index (χ0n) is 23.7. The van der Waals surface area contributed by atoms with Crippen LogP contribution in [-0.4, -0.2) is 18.2 Å². The van der Waals surface area contributed by atoms with Crippen LogP contribution in [0.25, 0.3) is 0 Å². The van der Waals surface area contributed by atoms with E-state index in [0.717, 1.165) is 37.9 Å². The van der Waals surface area contributed by atoms with Crippen molar-refractivity contribution in [3.63, 3.8) is 0 Å². The number of methoxy groups -OCH3 is 1. The van der Waals surface area contributed by atoms with Gasteiger partial charge < -0.3 is 9.26 Å². The molecule has 0 aliphatic heterocycles. The van der Waals surface area contributed by atoms with Gasteiger partial charge in [0.15, 0.2) is 0 Å². The Morgan fingerprint density at radius 1 is 1.00 bits per heavy atom. The summed E-state index contributed by atoms with van der Waals surface area (Å²) in [6, 6.07) is 0. The van der Waals surface area contributed by atoms with E-state index in [2.05, 4.69) is 53.3 Å². The summed E-state index contributed by atoms with van der Waals surface area (Å²) in [5.74, 6) is 3.82. The number of hydrogen-bond donors (Lipinski definition) is 0. The molecule has 4 fully saturated rings. The van der Waals surface area contributed by atoms with Crippen molar-refractivity contribution in [2.45, 2.75) is 105 Å². The molecule has 4 heteroatoms. The molecular weight excluding hydrogens is 446 g/mol. The molecule has 198 valence electrons. The second-order valence-electron chi connectivity index (χ2n) is 14.9. The number of ether oxygens (including phenoxy) is 1. The molecule has 1 heterocycles.